The second-order valence-corrected chi connectivity index (χ2v) is 18.9. The van der Waals surface area contributed by atoms with Crippen LogP contribution in [0.3, 0.4) is 0 Å². The topological polar surface area (TPSA) is 84.0 Å². The van der Waals surface area contributed by atoms with Crippen LogP contribution in [0.5, 0.6) is 5.75 Å². The summed E-state index contributed by atoms with van der Waals surface area (Å²) >= 11 is 6.51. The van der Waals surface area contributed by atoms with Crippen molar-refractivity contribution in [3.05, 3.63) is 100 Å². The summed E-state index contributed by atoms with van der Waals surface area (Å²) in [6, 6.07) is 16.2. The summed E-state index contributed by atoms with van der Waals surface area (Å²) in [5.74, 6) is 5.18. The van der Waals surface area contributed by atoms with Crippen LogP contribution in [-0.4, -0.2) is 76.1 Å². The van der Waals surface area contributed by atoms with Crippen LogP contribution in [0.1, 0.15) is 73.0 Å². The molecule has 276 valence electrons. The molecule has 4 heterocycles. The van der Waals surface area contributed by atoms with Gasteiger partial charge in [0.15, 0.2) is 0 Å². The first-order valence-electron chi connectivity index (χ1n) is 19.0. The number of carbonyl (C=O) groups excluding carboxylic acids is 1. The zero-order chi connectivity index (χ0) is 36.1. The first-order chi connectivity index (χ1) is 25.0. The number of ether oxygens (including phenoxy) is 2. The average Bonchev–Trinajstić information content (AvgIpc) is 3.26. The zero-order valence-electron chi connectivity index (χ0n) is 30.4. The molecule has 3 aromatic rings. The molecule has 2 aliphatic carbocycles. The molecular formula is C42H51ClN4O4S. The number of aryl methyl sites for hydroxylation is 1. The highest BCUT2D eigenvalue weighted by molar-refractivity contribution is 7.99. The molecule has 8 rings (SSSR count). The molecule has 8 nitrogen and oxygen atoms in total. The van der Waals surface area contributed by atoms with Gasteiger partial charge in [0, 0.05) is 66.4 Å². The Bertz CT molecular complexity index is 1960. The first kappa shape index (κ1) is 35.6. The lowest BCUT2D eigenvalue weighted by molar-refractivity contribution is -0.146. The predicted octanol–water partition coefficient (Wildman–Crippen LogP) is 6.85. The molecule has 10 heteroatoms. The molecule has 1 N–H and O–H groups in total. The number of halogens is 1. The van der Waals surface area contributed by atoms with Crippen molar-refractivity contribution in [1.82, 2.24) is 14.6 Å². The molecule has 1 aromatic heterocycles. The molecule has 2 fully saturated rings. The highest BCUT2D eigenvalue weighted by Gasteiger charge is 2.51. The standard InChI is InChI=1S/C42H51ClN4O4S/c1-29-7-4-17-42(27-46(19-20-51-42)24-31-8-6-18-44-23-31)37-13-10-34(37)25-47-26-41(16-5-9-32-21-35(43)12-14-36(32)41)28-50-39-15-11-33(22-38(39)47)40(48)45-52(3,49)30(29)2/h4,6,8,11-12,14-15,17-18,21-23,29-30,34,37H,3,5,7,9-10,13,16,19-20,24-28H2,1-2H3,(H,45,48,49)/b17-4+/t29-,30+,34-,37+,41-,42-,52?/m0/s1. The molecule has 3 aliphatic heterocycles. The van der Waals surface area contributed by atoms with Gasteiger partial charge in [-0.05, 0) is 122 Å². The maximum absolute atomic E-state index is 14.0. The number of nitrogens with zero attached hydrogens (tertiary/aromatic N) is 3. The highest BCUT2D eigenvalue weighted by Crippen LogP contribution is 2.50. The van der Waals surface area contributed by atoms with E-state index in [2.05, 4.69) is 62.7 Å². The average molecular weight is 743 g/mol. The van der Waals surface area contributed by atoms with Gasteiger partial charge in [0.05, 0.1) is 28.6 Å². The van der Waals surface area contributed by atoms with Crippen molar-refractivity contribution < 1.29 is 18.5 Å². The van der Waals surface area contributed by atoms with Gasteiger partial charge in [-0.1, -0.05) is 42.8 Å². The van der Waals surface area contributed by atoms with E-state index in [1.807, 2.05) is 43.6 Å². The maximum Gasteiger partial charge on any atom is 0.262 e. The highest BCUT2D eigenvalue weighted by atomic mass is 35.5. The summed E-state index contributed by atoms with van der Waals surface area (Å²) in [5.41, 5.74) is 4.50. The van der Waals surface area contributed by atoms with Crippen LogP contribution in [0.15, 0.2) is 73.1 Å². The number of morpholine rings is 1. The Kier molecular flexibility index (Phi) is 9.68. The Hall–Kier alpha value is -3.37. The molecule has 1 amide bonds. The van der Waals surface area contributed by atoms with E-state index in [0.29, 0.717) is 37.0 Å². The van der Waals surface area contributed by atoms with Crippen LogP contribution in [-0.2, 0) is 32.8 Å². The van der Waals surface area contributed by atoms with Crippen molar-refractivity contribution in [3.8, 4) is 5.75 Å². The van der Waals surface area contributed by atoms with E-state index in [0.717, 1.165) is 81.3 Å². The van der Waals surface area contributed by atoms with Crippen LogP contribution in [0.4, 0.5) is 5.69 Å². The number of nitrogens with one attached hydrogen (secondary N) is 1. The lowest BCUT2D eigenvalue weighted by atomic mass is 9.63. The van der Waals surface area contributed by atoms with Gasteiger partial charge in [0.1, 0.15) is 11.4 Å². The molecule has 1 saturated carbocycles. The van der Waals surface area contributed by atoms with Crippen LogP contribution in [0.2, 0.25) is 5.02 Å². The SMILES string of the molecule is C=S1(=O)NC(=O)c2ccc3c(c2)N(C[C@@H]2CC[C@H]2[C@]2(/C=C/C[C@H](C)[C@H]1C)CN(Cc1cccnc1)CCO2)C[C@@]1(CCCc2cc(Cl)ccc21)CO3. The Morgan fingerprint density at radius 2 is 2.02 bits per heavy atom. The van der Waals surface area contributed by atoms with Gasteiger partial charge >= 0.3 is 0 Å². The fourth-order valence-corrected chi connectivity index (χ4v) is 11.2. The molecule has 2 aromatic carbocycles. The van der Waals surface area contributed by atoms with Crippen molar-refractivity contribution >= 4 is 38.8 Å². The van der Waals surface area contributed by atoms with Gasteiger partial charge in [-0.15, -0.1) is 0 Å². The number of hydrogen-bond acceptors (Lipinski definition) is 7. The van der Waals surface area contributed by atoms with Gasteiger partial charge in [-0.2, -0.15) is 0 Å². The van der Waals surface area contributed by atoms with E-state index in [-0.39, 0.29) is 22.5 Å². The number of fused-ring (bicyclic) bond motifs is 5. The molecular weight excluding hydrogens is 692 g/mol. The number of benzene rings is 2. The van der Waals surface area contributed by atoms with E-state index in [4.69, 9.17) is 21.1 Å². The van der Waals surface area contributed by atoms with Gasteiger partial charge in [-0.25, -0.2) is 4.21 Å². The van der Waals surface area contributed by atoms with Crippen LogP contribution >= 0.6 is 11.6 Å². The molecule has 7 atom stereocenters. The van der Waals surface area contributed by atoms with Crippen molar-refractivity contribution in [2.24, 2.45) is 17.8 Å². The lowest BCUT2D eigenvalue weighted by Gasteiger charge is -2.54. The Balaban J connectivity index is 1.20. The minimum atomic E-state index is -2.96. The summed E-state index contributed by atoms with van der Waals surface area (Å²) in [6.45, 7) is 9.30. The number of aromatic nitrogens is 1. The van der Waals surface area contributed by atoms with Crippen LogP contribution in [0, 0.1) is 17.8 Å². The largest absolute Gasteiger partial charge is 0.490 e. The van der Waals surface area contributed by atoms with Gasteiger partial charge in [-0.3, -0.25) is 19.4 Å². The molecule has 0 radical (unpaired) electrons. The third-order valence-electron chi connectivity index (χ3n) is 12.8. The molecule has 1 unspecified atom stereocenters. The summed E-state index contributed by atoms with van der Waals surface area (Å²) in [6.07, 6.45) is 14.3. The summed E-state index contributed by atoms with van der Waals surface area (Å²) in [7, 11) is -2.96. The van der Waals surface area contributed by atoms with E-state index in [9.17, 15) is 9.00 Å². The summed E-state index contributed by atoms with van der Waals surface area (Å²) in [5, 5.41) is 0.428. The second kappa shape index (κ2) is 14.1. The Labute approximate surface area is 314 Å². The number of rotatable bonds is 2. The number of amides is 1. The van der Waals surface area contributed by atoms with Crippen LogP contribution < -0.4 is 14.4 Å². The molecule has 1 saturated heterocycles. The number of pyridine rings is 1. The predicted molar refractivity (Wildman–Crippen MR) is 210 cm³/mol. The quantitative estimate of drug-likeness (QED) is 0.227. The van der Waals surface area contributed by atoms with Crippen molar-refractivity contribution in [1.29, 1.82) is 0 Å². The monoisotopic (exact) mass is 742 g/mol. The fraction of sp³-hybridized carbons (Fsp3) is 0.500. The third kappa shape index (κ3) is 6.78. The van der Waals surface area contributed by atoms with E-state index >= 15 is 0 Å². The first-order valence-corrected chi connectivity index (χ1v) is 21.1. The number of anilines is 1. The summed E-state index contributed by atoms with van der Waals surface area (Å²) < 4.78 is 30.6. The van der Waals surface area contributed by atoms with Gasteiger partial charge in [0.2, 0.25) is 0 Å². The molecule has 2 bridgehead atoms. The van der Waals surface area contributed by atoms with Crippen LogP contribution in [0.25, 0.3) is 0 Å². The smallest absolute Gasteiger partial charge is 0.262 e. The molecule has 5 aliphatic rings. The van der Waals surface area contributed by atoms with Crippen molar-refractivity contribution in [2.45, 2.75) is 75.2 Å². The van der Waals surface area contributed by atoms with Gasteiger partial charge < -0.3 is 14.4 Å². The number of carbonyl (C=O) groups is 1. The van der Waals surface area contributed by atoms with Gasteiger partial charge in [0.25, 0.3) is 5.91 Å². The molecule has 2 spiro atoms. The normalized spacial score (nSPS) is 34.3. The fourth-order valence-electron chi connectivity index (χ4n) is 9.50. The number of hydrogen-bond donors (Lipinski definition) is 1. The Morgan fingerprint density at radius 1 is 1.13 bits per heavy atom. The number of allylic oxidation sites excluding steroid dienone is 1. The minimum absolute atomic E-state index is 0.0270. The third-order valence-corrected chi connectivity index (χ3v) is 15.2. The van der Waals surface area contributed by atoms with Crippen molar-refractivity contribution in [2.75, 3.05) is 44.3 Å². The Morgan fingerprint density at radius 3 is 2.83 bits per heavy atom. The van der Waals surface area contributed by atoms with Crippen molar-refractivity contribution in [3.63, 3.8) is 0 Å². The maximum atomic E-state index is 14.0. The minimum Gasteiger partial charge on any atom is -0.490 e. The van der Waals surface area contributed by atoms with E-state index in [1.165, 1.54) is 16.7 Å². The van der Waals surface area contributed by atoms with E-state index < -0.39 is 15.3 Å². The second-order valence-electron chi connectivity index (χ2n) is 16.1. The zero-order valence-corrected chi connectivity index (χ0v) is 32.0. The lowest BCUT2D eigenvalue weighted by Crippen LogP contribution is -2.60. The summed E-state index contributed by atoms with van der Waals surface area (Å²) in [4.78, 5) is 23.2. The molecule has 52 heavy (non-hydrogen) atoms. The van der Waals surface area contributed by atoms with E-state index in [1.54, 1.807) is 6.07 Å².